The molecule has 0 spiro atoms. The topological polar surface area (TPSA) is 12.4 Å². The van der Waals surface area contributed by atoms with E-state index >= 15 is 0 Å². The molecule has 80 valence electrons. The molecule has 3 heteroatoms. The number of halogens is 2. The van der Waals surface area contributed by atoms with Crippen molar-refractivity contribution in [3.8, 4) is 0 Å². The summed E-state index contributed by atoms with van der Waals surface area (Å²) in [5, 5.41) is 0.683. The monoisotopic (exact) mass is 233 g/mol. The highest BCUT2D eigenvalue weighted by Crippen LogP contribution is 2.13. The van der Waals surface area contributed by atoms with Crippen LogP contribution in [0.5, 0.6) is 0 Å². The van der Waals surface area contributed by atoms with Gasteiger partial charge in [-0.15, -0.1) is 0 Å². The average Bonchev–Trinajstić information content (AvgIpc) is 2.28. The number of nitrogens with zero attached hydrogens (tertiary/aromatic N) is 1. The van der Waals surface area contributed by atoms with Crippen molar-refractivity contribution in [1.29, 1.82) is 0 Å². The molecule has 16 heavy (non-hydrogen) atoms. The number of hydrogen-bond acceptors (Lipinski definition) is 1. The molecule has 0 atom stereocenters. The minimum atomic E-state index is -0.286. The van der Waals surface area contributed by atoms with Crippen LogP contribution in [0.3, 0.4) is 0 Å². The van der Waals surface area contributed by atoms with Gasteiger partial charge in [0.15, 0.2) is 0 Å². The Labute approximate surface area is 98.2 Å². The number of rotatable bonds is 2. The Morgan fingerprint density at radius 3 is 2.50 bits per heavy atom. The summed E-state index contributed by atoms with van der Waals surface area (Å²) in [6.07, 6.45) is 1.67. The molecule has 0 aromatic heterocycles. The third-order valence-corrected chi connectivity index (χ3v) is 2.29. The van der Waals surface area contributed by atoms with Crippen molar-refractivity contribution < 1.29 is 4.39 Å². The second-order valence-electron chi connectivity index (χ2n) is 3.29. The molecule has 1 nitrogen and oxygen atoms in total. The minimum Gasteiger partial charge on any atom is -0.256 e. The van der Waals surface area contributed by atoms with Gasteiger partial charge in [0.25, 0.3) is 0 Å². The molecule has 0 fully saturated rings. The van der Waals surface area contributed by atoms with Crippen LogP contribution in [-0.4, -0.2) is 6.21 Å². The fourth-order valence-corrected chi connectivity index (χ4v) is 1.38. The summed E-state index contributed by atoms with van der Waals surface area (Å²) in [5.74, 6) is -0.286. The number of aliphatic imine (C=N–C) groups is 1. The van der Waals surface area contributed by atoms with E-state index in [1.807, 2.05) is 12.1 Å². The lowest BCUT2D eigenvalue weighted by molar-refractivity contribution is 0.628. The molecule has 0 aliphatic heterocycles. The van der Waals surface area contributed by atoms with Gasteiger partial charge in [0.2, 0.25) is 0 Å². The second-order valence-corrected chi connectivity index (χ2v) is 3.73. The Morgan fingerprint density at radius 2 is 1.81 bits per heavy atom. The van der Waals surface area contributed by atoms with Gasteiger partial charge in [-0.2, -0.15) is 0 Å². The van der Waals surface area contributed by atoms with Gasteiger partial charge in [-0.1, -0.05) is 29.8 Å². The largest absolute Gasteiger partial charge is 0.256 e. The summed E-state index contributed by atoms with van der Waals surface area (Å²) in [6, 6.07) is 13.4. The summed E-state index contributed by atoms with van der Waals surface area (Å²) in [6.45, 7) is 0. The summed E-state index contributed by atoms with van der Waals surface area (Å²) in [4.78, 5) is 4.16. The Morgan fingerprint density at radius 1 is 1.06 bits per heavy atom. The van der Waals surface area contributed by atoms with Crippen molar-refractivity contribution >= 4 is 23.5 Å². The third-order valence-electron chi connectivity index (χ3n) is 2.04. The Hall–Kier alpha value is -1.67. The van der Waals surface area contributed by atoms with E-state index in [1.165, 1.54) is 12.1 Å². The van der Waals surface area contributed by atoms with E-state index in [-0.39, 0.29) is 5.82 Å². The zero-order valence-corrected chi connectivity index (χ0v) is 9.16. The minimum absolute atomic E-state index is 0.286. The lowest BCUT2D eigenvalue weighted by Gasteiger charge is -1.95. The lowest BCUT2D eigenvalue weighted by atomic mass is 10.2. The fourth-order valence-electron chi connectivity index (χ4n) is 1.25. The first kappa shape index (κ1) is 10.8. The van der Waals surface area contributed by atoms with Crippen LogP contribution >= 0.6 is 11.6 Å². The average molecular weight is 234 g/mol. The fraction of sp³-hybridized carbons (Fsp3) is 0. The SMILES string of the molecule is Fc1cccc(N=Cc2ccc(Cl)cc2)c1. The van der Waals surface area contributed by atoms with Crippen LogP contribution in [-0.2, 0) is 0 Å². The molecule has 0 bridgehead atoms. The lowest BCUT2D eigenvalue weighted by Crippen LogP contribution is -1.79. The molecule has 0 amide bonds. The van der Waals surface area contributed by atoms with E-state index in [1.54, 1.807) is 30.5 Å². The Balaban J connectivity index is 2.18. The molecule has 0 unspecified atom stereocenters. The summed E-state index contributed by atoms with van der Waals surface area (Å²) in [5.41, 5.74) is 1.52. The molecule has 0 aliphatic rings. The summed E-state index contributed by atoms with van der Waals surface area (Å²) < 4.78 is 12.9. The quantitative estimate of drug-likeness (QED) is 0.689. The first-order valence-electron chi connectivity index (χ1n) is 4.79. The molecule has 2 aromatic carbocycles. The van der Waals surface area contributed by atoms with Gasteiger partial charge in [-0.25, -0.2) is 4.39 Å². The zero-order chi connectivity index (χ0) is 11.4. The van der Waals surface area contributed by atoms with E-state index in [2.05, 4.69) is 4.99 Å². The molecule has 2 aromatic rings. The van der Waals surface area contributed by atoms with Crippen LogP contribution < -0.4 is 0 Å². The van der Waals surface area contributed by atoms with Gasteiger partial charge in [0, 0.05) is 11.2 Å². The standard InChI is InChI=1S/C13H9ClFN/c14-11-6-4-10(5-7-11)9-16-13-3-1-2-12(15)8-13/h1-9H. The molecule has 0 heterocycles. The molecule has 2 rings (SSSR count). The molecule has 0 aliphatic carbocycles. The predicted molar refractivity (Wildman–Crippen MR) is 65.1 cm³/mol. The van der Waals surface area contributed by atoms with E-state index in [4.69, 9.17) is 11.6 Å². The molecule has 0 N–H and O–H groups in total. The van der Waals surface area contributed by atoms with Crippen molar-refractivity contribution in [3.63, 3.8) is 0 Å². The van der Waals surface area contributed by atoms with Crippen LogP contribution in [0.1, 0.15) is 5.56 Å². The summed E-state index contributed by atoms with van der Waals surface area (Å²) in [7, 11) is 0. The molecule has 0 saturated heterocycles. The second kappa shape index (κ2) is 4.90. The highest BCUT2D eigenvalue weighted by molar-refractivity contribution is 6.30. The van der Waals surface area contributed by atoms with Crippen LogP contribution in [0.2, 0.25) is 5.02 Å². The Kier molecular flexibility index (Phi) is 3.32. The van der Waals surface area contributed by atoms with Crippen molar-refractivity contribution in [2.75, 3.05) is 0 Å². The van der Waals surface area contributed by atoms with Gasteiger partial charge < -0.3 is 0 Å². The first-order chi connectivity index (χ1) is 7.74. The predicted octanol–water partition coefficient (Wildman–Crippen LogP) is 4.23. The van der Waals surface area contributed by atoms with Gasteiger partial charge in [0.05, 0.1) is 5.69 Å². The summed E-state index contributed by atoms with van der Waals surface area (Å²) >= 11 is 5.76. The van der Waals surface area contributed by atoms with Gasteiger partial charge >= 0.3 is 0 Å². The zero-order valence-electron chi connectivity index (χ0n) is 8.40. The maximum atomic E-state index is 12.9. The van der Waals surface area contributed by atoms with Gasteiger partial charge in [0.1, 0.15) is 5.82 Å². The van der Waals surface area contributed by atoms with Crippen molar-refractivity contribution in [2.24, 2.45) is 4.99 Å². The van der Waals surface area contributed by atoms with Gasteiger partial charge in [-0.3, -0.25) is 4.99 Å². The maximum Gasteiger partial charge on any atom is 0.125 e. The number of benzene rings is 2. The van der Waals surface area contributed by atoms with Crippen LogP contribution in [0, 0.1) is 5.82 Å². The van der Waals surface area contributed by atoms with Crippen LogP contribution in [0.4, 0.5) is 10.1 Å². The van der Waals surface area contributed by atoms with Crippen molar-refractivity contribution in [3.05, 3.63) is 64.9 Å². The molecular formula is C13H9ClFN. The van der Waals surface area contributed by atoms with Gasteiger partial charge in [-0.05, 0) is 35.9 Å². The maximum absolute atomic E-state index is 12.9. The molecule has 0 saturated carbocycles. The first-order valence-corrected chi connectivity index (χ1v) is 5.17. The normalized spacial score (nSPS) is 10.9. The van der Waals surface area contributed by atoms with Crippen molar-refractivity contribution in [1.82, 2.24) is 0 Å². The van der Waals surface area contributed by atoms with E-state index in [0.717, 1.165) is 5.56 Å². The third kappa shape index (κ3) is 2.91. The highest BCUT2D eigenvalue weighted by Gasteiger charge is 1.92. The smallest absolute Gasteiger partial charge is 0.125 e. The Bertz CT molecular complexity index is 506. The number of hydrogen-bond donors (Lipinski definition) is 0. The van der Waals surface area contributed by atoms with E-state index < -0.39 is 0 Å². The van der Waals surface area contributed by atoms with Crippen LogP contribution in [0.25, 0.3) is 0 Å². The van der Waals surface area contributed by atoms with Crippen molar-refractivity contribution in [2.45, 2.75) is 0 Å². The van der Waals surface area contributed by atoms with Crippen LogP contribution in [0.15, 0.2) is 53.5 Å². The highest BCUT2D eigenvalue weighted by atomic mass is 35.5. The molecule has 0 radical (unpaired) electrons. The van der Waals surface area contributed by atoms with E-state index in [0.29, 0.717) is 10.7 Å². The molecular weight excluding hydrogens is 225 g/mol. The van der Waals surface area contributed by atoms with E-state index in [9.17, 15) is 4.39 Å².